The molecule has 0 bridgehead atoms. The first-order valence-electron chi connectivity index (χ1n) is 5.42. The van der Waals surface area contributed by atoms with Gasteiger partial charge in [-0.1, -0.05) is 6.07 Å². The number of hydrogen-bond donors (Lipinski definition) is 1. The SMILES string of the molecule is CN(Cc1ccc(F)c(Br)c1)c1ccncc1N. The minimum Gasteiger partial charge on any atom is -0.396 e. The molecule has 0 fully saturated rings. The van der Waals surface area contributed by atoms with Gasteiger partial charge in [-0.25, -0.2) is 4.39 Å². The molecule has 2 rings (SSSR count). The fraction of sp³-hybridized carbons (Fsp3) is 0.154. The Hall–Kier alpha value is -1.62. The third-order valence-electron chi connectivity index (χ3n) is 2.64. The monoisotopic (exact) mass is 309 g/mol. The van der Waals surface area contributed by atoms with Crippen molar-refractivity contribution in [2.75, 3.05) is 17.7 Å². The van der Waals surface area contributed by atoms with Gasteiger partial charge in [-0.05, 0) is 39.7 Å². The molecule has 94 valence electrons. The molecule has 1 aromatic carbocycles. The van der Waals surface area contributed by atoms with Crippen molar-refractivity contribution in [3.63, 3.8) is 0 Å². The van der Waals surface area contributed by atoms with E-state index in [9.17, 15) is 4.39 Å². The lowest BCUT2D eigenvalue weighted by Crippen LogP contribution is -2.17. The van der Waals surface area contributed by atoms with E-state index in [1.807, 2.05) is 18.0 Å². The zero-order chi connectivity index (χ0) is 13.1. The lowest BCUT2D eigenvalue weighted by Gasteiger charge is -2.20. The molecular formula is C13H13BrFN3. The number of pyridine rings is 1. The Labute approximate surface area is 114 Å². The standard InChI is InChI=1S/C13H13BrFN3/c1-18(13-4-5-17-7-12(13)16)8-9-2-3-11(15)10(14)6-9/h2-7H,8,16H2,1H3. The van der Waals surface area contributed by atoms with Gasteiger partial charge in [-0.2, -0.15) is 0 Å². The predicted molar refractivity (Wildman–Crippen MR) is 74.9 cm³/mol. The number of aromatic nitrogens is 1. The molecular weight excluding hydrogens is 297 g/mol. The summed E-state index contributed by atoms with van der Waals surface area (Å²) in [6, 6.07) is 6.83. The van der Waals surface area contributed by atoms with Crippen molar-refractivity contribution in [1.82, 2.24) is 4.98 Å². The molecule has 1 aromatic heterocycles. The molecule has 1 heterocycles. The molecule has 0 aliphatic carbocycles. The lowest BCUT2D eigenvalue weighted by molar-refractivity contribution is 0.620. The summed E-state index contributed by atoms with van der Waals surface area (Å²) >= 11 is 3.18. The number of nitrogens with two attached hydrogens (primary N) is 1. The van der Waals surface area contributed by atoms with Gasteiger partial charge in [-0.15, -0.1) is 0 Å². The number of nitrogens with zero attached hydrogens (tertiary/aromatic N) is 2. The molecule has 0 spiro atoms. The quantitative estimate of drug-likeness (QED) is 0.946. The van der Waals surface area contributed by atoms with E-state index in [1.54, 1.807) is 24.5 Å². The second-order valence-electron chi connectivity index (χ2n) is 4.04. The number of halogens is 2. The Balaban J connectivity index is 2.19. The summed E-state index contributed by atoms with van der Waals surface area (Å²) in [4.78, 5) is 5.95. The maximum absolute atomic E-state index is 13.1. The topological polar surface area (TPSA) is 42.2 Å². The maximum atomic E-state index is 13.1. The van der Waals surface area contributed by atoms with Gasteiger partial charge < -0.3 is 10.6 Å². The van der Waals surface area contributed by atoms with Gasteiger partial charge in [0.1, 0.15) is 5.82 Å². The van der Waals surface area contributed by atoms with Crippen molar-refractivity contribution < 1.29 is 4.39 Å². The molecule has 2 N–H and O–H groups in total. The van der Waals surface area contributed by atoms with Crippen molar-refractivity contribution in [2.45, 2.75) is 6.54 Å². The van der Waals surface area contributed by atoms with E-state index in [1.165, 1.54) is 6.07 Å². The second-order valence-corrected chi connectivity index (χ2v) is 4.89. The normalized spacial score (nSPS) is 10.4. The lowest BCUT2D eigenvalue weighted by atomic mass is 10.2. The summed E-state index contributed by atoms with van der Waals surface area (Å²) in [5.41, 5.74) is 8.39. The number of benzene rings is 1. The molecule has 5 heteroatoms. The van der Waals surface area contributed by atoms with Crippen LogP contribution >= 0.6 is 15.9 Å². The minimum atomic E-state index is -0.259. The van der Waals surface area contributed by atoms with Crippen molar-refractivity contribution >= 4 is 27.3 Å². The van der Waals surface area contributed by atoms with E-state index in [4.69, 9.17) is 5.73 Å². The van der Waals surface area contributed by atoms with Gasteiger partial charge >= 0.3 is 0 Å². The van der Waals surface area contributed by atoms with E-state index >= 15 is 0 Å². The fourth-order valence-electron chi connectivity index (χ4n) is 1.74. The van der Waals surface area contributed by atoms with E-state index in [2.05, 4.69) is 20.9 Å². The maximum Gasteiger partial charge on any atom is 0.137 e. The van der Waals surface area contributed by atoms with Crippen LogP contribution in [0.25, 0.3) is 0 Å². The van der Waals surface area contributed by atoms with Gasteiger partial charge in [-0.3, -0.25) is 4.98 Å². The third kappa shape index (κ3) is 2.79. The van der Waals surface area contributed by atoms with Crippen LogP contribution in [0, 0.1) is 5.82 Å². The average Bonchev–Trinajstić information content (AvgIpc) is 2.34. The van der Waals surface area contributed by atoms with Crippen LogP contribution in [0.4, 0.5) is 15.8 Å². The summed E-state index contributed by atoms with van der Waals surface area (Å²) < 4.78 is 13.6. The average molecular weight is 310 g/mol. The number of rotatable bonds is 3. The summed E-state index contributed by atoms with van der Waals surface area (Å²) in [7, 11) is 1.93. The fourth-order valence-corrected chi connectivity index (χ4v) is 2.17. The van der Waals surface area contributed by atoms with E-state index in [-0.39, 0.29) is 5.82 Å². The van der Waals surface area contributed by atoms with E-state index < -0.39 is 0 Å². The highest BCUT2D eigenvalue weighted by molar-refractivity contribution is 9.10. The highest BCUT2D eigenvalue weighted by Crippen LogP contribution is 2.23. The Kier molecular flexibility index (Phi) is 3.81. The van der Waals surface area contributed by atoms with Gasteiger partial charge in [0.2, 0.25) is 0 Å². The van der Waals surface area contributed by atoms with E-state index in [0.717, 1.165) is 11.3 Å². The minimum absolute atomic E-state index is 0.259. The van der Waals surface area contributed by atoms with Crippen molar-refractivity contribution in [3.05, 3.63) is 52.5 Å². The predicted octanol–water partition coefficient (Wildman–Crippen LogP) is 3.20. The summed E-state index contributed by atoms with van der Waals surface area (Å²) in [5, 5.41) is 0. The Morgan fingerprint density at radius 3 is 2.83 bits per heavy atom. The highest BCUT2D eigenvalue weighted by atomic mass is 79.9. The van der Waals surface area contributed by atoms with Crippen LogP contribution in [0.5, 0.6) is 0 Å². The second kappa shape index (κ2) is 5.35. The van der Waals surface area contributed by atoms with E-state index in [0.29, 0.717) is 16.7 Å². The van der Waals surface area contributed by atoms with Crippen LogP contribution in [0.2, 0.25) is 0 Å². The van der Waals surface area contributed by atoms with Gasteiger partial charge in [0.25, 0.3) is 0 Å². The molecule has 0 aliphatic heterocycles. The summed E-state index contributed by atoms with van der Waals surface area (Å²) in [6.45, 7) is 0.646. The first-order chi connectivity index (χ1) is 8.58. The highest BCUT2D eigenvalue weighted by Gasteiger charge is 2.07. The van der Waals surface area contributed by atoms with Crippen molar-refractivity contribution in [3.8, 4) is 0 Å². The molecule has 0 saturated heterocycles. The van der Waals surface area contributed by atoms with Gasteiger partial charge in [0.05, 0.1) is 22.0 Å². The van der Waals surface area contributed by atoms with Crippen LogP contribution in [0.3, 0.4) is 0 Å². The zero-order valence-electron chi connectivity index (χ0n) is 9.90. The molecule has 2 aromatic rings. The number of nitrogen functional groups attached to an aromatic ring is 1. The van der Waals surface area contributed by atoms with Gasteiger partial charge in [0, 0.05) is 19.8 Å². The van der Waals surface area contributed by atoms with Crippen molar-refractivity contribution in [2.24, 2.45) is 0 Å². The molecule has 0 aliphatic rings. The van der Waals surface area contributed by atoms with Crippen molar-refractivity contribution in [1.29, 1.82) is 0 Å². The molecule has 0 atom stereocenters. The Morgan fingerprint density at radius 1 is 1.39 bits per heavy atom. The van der Waals surface area contributed by atoms with Crippen LogP contribution in [-0.2, 0) is 6.54 Å². The third-order valence-corrected chi connectivity index (χ3v) is 3.25. The molecule has 0 saturated carbocycles. The first-order valence-corrected chi connectivity index (χ1v) is 6.22. The number of hydrogen-bond acceptors (Lipinski definition) is 3. The summed E-state index contributed by atoms with van der Waals surface area (Å²) in [6.07, 6.45) is 3.31. The number of anilines is 2. The Bertz CT molecular complexity index is 560. The summed E-state index contributed by atoms with van der Waals surface area (Å²) in [5.74, 6) is -0.259. The molecule has 0 radical (unpaired) electrons. The molecule has 0 unspecified atom stereocenters. The van der Waals surface area contributed by atoms with Crippen LogP contribution in [-0.4, -0.2) is 12.0 Å². The first kappa shape index (κ1) is 12.8. The molecule has 0 amide bonds. The molecule has 3 nitrogen and oxygen atoms in total. The Morgan fingerprint density at radius 2 is 2.17 bits per heavy atom. The van der Waals surface area contributed by atoms with Crippen LogP contribution in [0.1, 0.15) is 5.56 Å². The molecule has 18 heavy (non-hydrogen) atoms. The zero-order valence-corrected chi connectivity index (χ0v) is 11.5. The van der Waals surface area contributed by atoms with Crippen LogP contribution in [0.15, 0.2) is 41.1 Å². The van der Waals surface area contributed by atoms with Gasteiger partial charge in [0.15, 0.2) is 0 Å². The smallest absolute Gasteiger partial charge is 0.137 e. The van der Waals surface area contributed by atoms with Crippen LogP contribution < -0.4 is 10.6 Å². The largest absolute Gasteiger partial charge is 0.396 e.